The first-order valence-corrected chi connectivity index (χ1v) is 10.7. The minimum Gasteiger partial charge on any atom is -0.444 e. The summed E-state index contributed by atoms with van der Waals surface area (Å²) in [5, 5.41) is 1.16. The number of hydrogen-bond donors (Lipinski definition) is 1. The molecule has 1 amide bonds. The summed E-state index contributed by atoms with van der Waals surface area (Å²) in [5.74, 6) is 0.978. The molecule has 0 unspecified atom stereocenters. The van der Waals surface area contributed by atoms with Gasteiger partial charge in [0.05, 0.1) is 0 Å². The SMILES string of the molecule is CN1Cc2c(C3=CCN(C(=O)OC(C)(C)C)CC3)[nH]c3nccc(c23)-c2cccnc21. The second-order valence-electron chi connectivity index (χ2n) is 9.20. The van der Waals surface area contributed by atoms with Crippen LogP contribution in [0.3, 0.4) is 0 Å². The molecule has 0 atom stereocenters. The Balaban J connectivity index is 1.53. The number of anilines is 1. The van der Waals surface area contributed by atoms with Crippen molar-refractivity contribution in [2.45, 2.75) is 39.3 Å². The molecule has 2 aliphatic rings. The average molecular weight is 418 g/mol. The Morgan fingerprint density at radius 1 is 1.16 bits per heavy atom. The lowest BCUT2D eigenvalue weighted by molar-refractivity contribution is 0.0270. The van der Waals surface area contributed by atoms with Gasteiger partial charge in [0.1, 0.15) is 17.1 Å². The third-order valence-corrected chi connectivity index (χ3v) is 5.81. The Hall–Kier alpha value is -3.35. The zero-order valence-corrected chi connectivity index (χ0v) is 18.4. The first-order valence-electron chi connectivity index (χ1n) is 10.7. The largest absolute Gasteiger partial charge is 0.444 e. The van der Waals surface area contributed by atoms with Crippen molar-refractivity contribution in [3.63, 3.8) is 0 Å². The number of carbonyl (C=O) groups is 1. The van der Waals surface area contributed by atoms with Gasteiger partial charge in [0.15, 0.2) is 0 Å². The minimum atomic E-state index is -0.490. The van der Waals surface area contributed by atoms with Crippen molar-refractivity contribution in [2.75, 3.05) is 25.0 Å². The standard InChI is InChI=1S/C24H27N5O2/c1-24(2,3)31-23(30)29-12-8-15(9-13-29)20-18-14-28(4)22-17(6-5-10-26-22)16-7-11-25-21(27-20)19(16)18/h5-8,10-11H,9,12-14H2,1-4H3,(H,25,27). The van der Waals surface area contributed by atoms with Crippen LogP contribution in [0.15, 0.2) is 36.7 Å². The Bertz CT molecular complexity index is 1200. The second-order valence-corrected chi connectivity index (χ2v) is 9.20. The van der Waals surface area contributed by atoms with E-state index >= 15 is 0 Å². The Morgan fingerprint density at radius 3 is 2.74 bits per heavy atom. The third-order valence-electron chi connectivity index (χ3n) is 5.81. The maximum atomic E-state index is 12.4. The molecule has 160 valence electrons. The predicted octanol–water partition coefficient (Wildman–Crippen LogP) is 4.60. The molecule has 0 aliphatic carbocycles. The van der Waals surface area contributed by atoms with Gasteiger partial charge in [-0.15, -0.1) is 0 Å². The molecule has 0 saturated carbocycles. The number of nitrogens with one attached hydrogen (secondary N) is 1. The lowest BCUT2D eigenvalue weighted by Crippen LogP contribution is -2.39. The number of nitrogens with zero attached hydrogens (tertiary/aromatic N) is 4. The highest BCUT2D eigenvalue weighted by Crippen LogP contribution is 2.42. The summed E-state index contributed by atoms with van der Waals surface area (Å²) in [6.07, 6.45) is 6.32. The van der Waals surface area contributed by atoms with Crippen molar-refractivity contribution in [2.24, 2.45) is 0 Å². The molecule has 5 rings (SSSR count). The number of fused-ring (bicyclic) bond motifs is 2. The zero-order chi connectivity index (χ0) is 21.8. The maximum Gasteiger partial charge on any atom is 0.410 e. The Labute approximate surface area is 181 Å². The van der Waals surface area contributed by atoms with Crippen LogP contribution in [-0.4, -0.2) is 51.7 Å². The van der Waals surface area contributed by atoms with Crippen LogP contribution < -0.4 is 4.90 Å². The van der Waals surface area contributed by atoms with E-state index in [-0.39, 0.29) is 6.09 Å². The lowest BCUT2D eigenvalue weighted by atomic mass is 9.98. The van der Waals surface area contributed by atoms with Gasteiger partial charge < -0.3 is 19.5 Å². The summed E-state index contributed by atoms with van der Waals surface area (Å²) in [6.45, 7) is 7.59. The number of hydrogen-bond acceptors (Lipinski definition) is 5. The zero-order valence-electron chi connectivity index (χ0n) is 18.4. The summed E-state index contributed by atoms with van der Waals surface area (Å²) in [6, 6.07) is 6.17. The molecule has 0 aromatic carbocycles. The molecule has 31 heavy (non-hydrogen) atoms. The lowest BCUT2D eigenvalue weighted by Gasteiger charge is -2.29. The van der Waals surface area contributed by atoms with Crippen molar-refractivity contribution in [1.82, 2.24) is 19.9 Å². The van der Waals surface area contributed by atoms with Crippen LogP contribution in [0.5, 0.6) is 0 Å². The van der Waals surface area contributed by atoms with Gasteiger partial charge in [0, 0.05) is 61.3 Å². The number of aromatic amines is 1. The van der Waals surface area contributed by atoms with Crippen LogP contribution in [-0.2, 0) is 11.3 Å². The molecule has 0 spiro atoms. The summed E-state index contributed by atoms with van der Waals surface area (Å²) >= 11 is 0. The van der Waals surface area contributed by atoms with Crippen molar-refractivity contribution < 1.29 is 9.53 Å². The van der Waals surface area contributed by atoms with E-state index in [1.165, 1.54) is 11.1 Å². The maximum absolute atomic E-state index is 12.4. The molecule has 7 heteroatoms. The number of amides is 1. The van der Waals surface area contributed by atoms with Crippen molar-refractivity contribution in [1.29, 1.82) is 0 Å². The highest BCUT2D eigenvalue weighted by molar-refractivity contribution is 6.02. The molecular weight excluding hydrogens is 390 g/mol. The van der Waals surface area contributed by atoms with E-state index in [0.717, 1.165) is 46.6 Å². The number of pyridine rings is 2. The van der Waals surface area contributed by atoms with Crippen LogP contribution in [0.2, 0.25) is 0 Å². The van der Waals surface area contributed by atoms with E-state index in [1.807, 2.05) is 39.2 Å². The van der Waals surface area contributed by atoms with Gasteiger partial charge in [-0.1, -0.05) is 6.08 Å². The van der Waals surface area contributed by atoms with Gasteiger partial charge in [-0.3, -0.25) is 0 Å². The first kappa shape index (κ1) is 19.6. The molecular formula is C24H27N5O2. The van der Waals surface area contributed by atoms with Gasteiger partial charge in [-0.2, -0.15) is 0 Å². The van der Waals surface area contributed by atoms with Crippen LogP contribution in [0.1, 0.15) is 38.4 Å². The molecule has 1 N–H and O–H groups in total. The van der Waals surface area contributed by atoms with Crippen LogP contribution in [0.25, 0.3) is 27.7 Å². The molecule has 0 saturated heterocycles. The minimum absolute atomic E-state index is 0.261. The molecule has 2 aliphatic heterocycles. The van der Waals surface area contributed by atoms with Crippen LogP contribution in [0, 0.1) is 0 Å². The number of H-pyrrole nitrogens is 1. The van der Waals surface area contributed by atoms with Crippen molar-refractivity contribution in [3.8, 4) is 11.1 Å². The highest BCUT2D eigenvalue weighted by atomic mass is 16.6. The van der Waals surface area contributed by atoms with Gasteiger partial charge in [0.25, 0.3) is 0 Å². The molecule has 0 fully saturated rings. The van der Waals surface area contributed by atoms with E-state index in [0.29, 0.717) is 13.1 Å². The fourth-order valence-corrected chi connectivity index (χ4v) is 4.45. The molecule has 5 heterocycles. The molecule has 3 aromatic rings. The predicted molar refractivity (Wildman–Crippen MR) is 122 cm³/mol. The summed E-state index contributed by atoms with van der Waals surface area (Å²) < 4.78 is 5.53. The summed E-state index contributed by atoms with van der Waals surface area (Å²) in [7, 11) is 2.08. The smallest absolute Gasteiger partial charge is 0.410 e. The quantitative estimate of drug-likeness (QED) is 0.626. The van der Waals surface area contributed by atoms with E-state index in [1.54, 1.807) is 4.90 Å². The first-order chi connectivity index (χ1) is 14.8. The second kappa shape index (κ2) is 7.11. The fraction of sp³-hybridized carbons (Fsp3) is 0.375. The number of ether oxygens (including phenoxy) is 1. The molecule has 0 bridgehead atoms. The molecule has 7 nitrogen and oxygen atoms in total. The average Bonchev–Trinajstić information content (AvgIpc) is 3.05. The van der Waals surface area contributed by atoms with E-state index in [2.05, 4.69) is 45.1 Å². The molecule has 0 radical (unpaired) electrons. The Kier molecular flexibility index (Phi) is 4.50. The van der Waals surface area contributed by atoms with Crippen molar-refractivity contribution in [3.05, 3.63) is 47.9 Å². The van der Waals surface area contributed by atoms with Crippen LogP contribution >= 0.6 is 0 Å². The molecule has 3 aromatic heterocycles. The Morgan fingerprint density at radius 2 is 2.00 bits per heavy atom. The number of rotatable bonds is 1. The third kappa shape index (κ3) is 3.44. The fourth-order valence-electron chi connectivity index (χ4n) is 4.45. The number of carbonyl (C=O) groups excluding carboxylic acids is 1. The normalized spacial score (nSPS) is 16.1. The summed E-state index contributed by atoms with van der Waals surface area (Å²) in [5.41, 5.74) is 6.23. The number of aromatic nitrogens is 3. The van der Waals surface area contributed by atoms with E-state index in [4.69, 9.17) is 4.74 Å². The monoisotopic (exact) mass is 417 g/mol. The highest BCUT2D eigenvalue weighted by Gasteiger charge is 2.28. The van der Waals surface area contributed by atoms with Gasteiger partial charge >= 0.3 is 6.09 Å². The topological polar surface area (TPSA) is 74.3 Å². The van der Waals surface area contributed by atoms with Crippen LogP contribution in [0.4, 0.5) is 10.6 Å². The van der Waals surface area contributed by atoms with Gasteiger partial charge in [-0.25, -0.2) is 14.8 Å². The van der Waals surface area contributed by atoms with Crippen molar-refractivity contribution >= 4 is 28.5 Å². The van der Waals surface area contributed by atoms with E-state index in [9.17, 15) is 4.79 Å². The van der Waals surface area contributed by atoms with E-state index < -0.39 is 5.60 Å². The van der Waals surface area contributed by atoms with Gasteiger partial charge in [-0.05, 0) is 56.5 Å². The van der Waals surface area contributed by atoms with Gasteiger partial charge in [0.2, 0.25) is 0 Å². The summed E-state index contributed by atoms with van der Waals surface area (Å²) in [4.78, 5) is 29.2.